The van der Waals surface area contributed by atoms with Crippen LogP contribution in [0.5, 0.6) is 5.75 Å². The van der Waals surface area contributed by atoms with Gasteiger partial charge in [-0.2, -0.15) is 0 Å². The molecule has 6 heteroatoms. The van der Waals surface area contributed by atoms with Crippen LogP contribution in [0.1, 0.15) is 13.3 Å². The monoisotopic (exact) mass is 356 g/mol. The van der Waals surface area contributed by atoms with E-state index in [1.165, 1.54) is 0 Å². The molecule has 0 radical (unpaired) electrons. The van der Waals surface area contributed by atoms with Gasteiger partial charge in [-0.25, -0.2) is 0 Å². The van der Waals surface area contributed by atoms with Crippen molar-refractivity contribution in [3.8, 4) is 5.75 Å². The molecular formula is C15H21BrN2O3. The maximum Gasteiger partial charge on any atom is 0.221 e. The second-order valence-corrected chi connectivity index (χ2v) is 6.04. The van der Waals surface area contributed by atoms with E-state index in [2.05, 4.69) is 26.6 Å². The third-order valence-electron chi connectivity index (χ3n) is 3.15. The molecule has 0 spiro atoms. The number of halogens is 1. The fourth-order valence-electron chi connectivity index (χ4n) is 2.12. The van der Waals surface area contributed by atoms with Crippen LogP contribution in [0, 0.1) is 0 Å². The molecule has 1 aliphatic heterocycles. The molecule has 0 bridgehead atoms. The number of carbonyl (C=O) groups is 1. The van der Waals surface area contributed by atoms with Gasteiger partial charge in [0.2, 0.25) is 5.91 Å². The summed E-state index contributed by atoms with van der Waals surface area (Å²) in [7, 11) is 0. The van der Waals surface area contributed by atoms with E-state index >= 15 is 0 Å². The summed E-state index contributed by atoms with van der Waals surface area (Å²) in [5, 5.41) is 6.15. The van der Waals surface area contributed by atoms with Crippen molar-refractivity contribution >= 4 is 21.8 Å². The molecule has 0 aliphatic carbocycles. The maximum absolute atomic E-state index is 11.9. The van der Waals surface area contributed by atoms with Gasteiger partial charge in [0.15, 0.2) is 0 Å². The molecular weight excluding hydrogens is 336 g/mol. The Morgan fingerprint density at radius 2 is 2.48 bits per heavy atom. The van der Waals surface area contributed by atoms with Gasteiger partial charge < -0.3 is 20.1 Å². The summed E-state index contributed by atoms with van der Waals surface area (Å²) < 4.78 is 12.0. The molecule has 1 heterocycles. The molecule has 2 atom stereocenters. The number of benzene rings is 1. The van der Waals surface area contributed by atoms with Gasteiger partial charge >= 0.3 is 0 Å². The van der Waals surface area contributed by atoms with Crippen LogP contribution in [0.25, 0.3) is 0 Å². The largest absolute Gasteiger partial charge is 0.489 e. The van der Waals surface area contributed by atoms with Gasteiger partial charge in [-0.3, -0.25) is 4.79 Å². The summed E-state index contributed by atoms with van der Waals surface area (Å²) in [6.07, 6.45) is 0.350. The Labute approximate surface area is 133 Å². The summed E-state index contributed by atoms with van der Waals surface area (Å²) in [6.45, 7) is 4.54. The van der Waals surface area contributed by atoms with Crippen LogP contribution >= 0.6 is 15.9 Å². The average molecular weight is 357 g/mol. The molecule has 1 aromatic rings. The van der Waals surface area contributed by atoms with Crippen molar-refractivity contribution in [2.24, 2.45) is 0 Å². The van der Waals surface area contributed by atoms with Gasteiger partial charge in [-0.05, 0) is 25.1 Å². The second-order valence-electron chi connectivity index (χ2n) is 5.12. The lowest BCUT2D eigenvalue weighted by Gasteiger charge is -2.23. The van der Waals surface area contributed by atoms with Crippen molar-refractivity contribution in [1.82, 2.24) is 10.6 Å². The van der Waals surface area contributed by atoms with E-state index in [1.807, 2.05) is 31.2 Å². The number of hydrogen-bond acceptors (Lipinski definition) is 4. The molecule has 5 nitrogen and oxygen atoms in total. The molecule has 0 aromatic heterocycles. The third-order valence-corrected chi connectivity index (χ3v) is 3.64. The Balaban J connectivity index is 1.68. The molecule has 1 aliphatic rings. The fraction of sp³-hybridized carbons (Fsp3) is 0.533. The van der Waals surface area contributed by atoms with E-state index in [-0.39, 0.29) is 18.1 Å². The lowest BCUT2D eigenvalue weighted by atomic mass is 10.2. The van der Waals surface area contributed by atoms with E-state index in [1.54, 1.807) is 0 Å². The highest BCUT2D eigenvalue weighted by atomic mass is 79.9. The molecule has 2 N–H and O–H groups in total. The summed E-state index contributed by atoms with van der Waals surface area (Å²) in [6, 6.07) is 7.77. The summed E-state index contributed by atoms with van der Waals surface area (Å²) in [5.41, 5.74) is 0. The van der Waals surface area contributed by atoms with E-state index in [0.29, 0.717) is 19.6 Å². The van der Waals surface area contributed by atoms with Crippen molar-refractivity contribution in [3.05, 3.63) is 28.7 Å². The number of hydrogen-bond donors (Lipinski definition) is 2. The van der Waals surface area contributed by atoms with Gasteiger partial charge in [-0.15, -0.1) is 0 Å². The standard InChI is InChI=1S/C15H21BrN2O3/c1-11(21-14-4-2-3-12(16)7-14)9-18-15(19)8-13-10-20-6-5-17-13/h2-4,7,11,13,17H,5-6,8-10H2,1H3,(H,18,19). The summed E-state index contributed by atoms with van der Waals surface area (Å²) in [5.74, 6) is 0.802. The Morgan fingerprint density at radius 1 is 1.62 bits per heavy atom. The molecule has 1 aromatic carbocycles. The molecule has 116 valence electrons. The van der Waals surface area contributed by atoms with Gasteiger partial charge in [0, 0.05) is 23.5 Å². The van der Waals surface area contributed by atoms with Crippen LogP contribution in [-0.2, 0) is 9.53 Å². The number of nitrogens with one attached hydrogen (secondary N) is 2. The quantitative estimate of drug-likeness (QED) is 0.814. The van der Waals surface area contributed by atoms with E-state index in [4.69, 9.17) is 9.47 Å². The Bertz CT molecular complexity index is 464. The topological polar surface area (TPSA) is 59.6 Å². The minimum Gasteiger partial charge on any atom is -0.489 e. The van der Waals surface area contributed by atoms with Gasteiger partial charge in [0.25, 0.3) is 0 Å². The zero-order valence-corrected chi connectivity index (χ0v) is 13.7. The first-order chi connectivity index (χ1) is 10.1. The highest BCUT2D eigenvalue weighted by Crippen LogP contribution is 2.18. The Morgan fingerprint density at radius 3 is 3.19 bits per heavy atom. The predicted molar refractivity (Wildman–Crippen MR) is 84.5 cm³/mol. The SMILES string of the molecule is CC(CNC(=O)CC1COCCN1)Oc1cccc(Br)c1. The molecule has 1 amide bonds. The lowest BCUT2D eigenvalue weighted by Crippen LogP contribution is -2.45. The predicted octanol–water partition coefficient (Wildman–Crippen LogP) is 1.71. The second kappa shape index (κ2) is 8.36. The zero-order chi connectivity index (χ0) is 15.1. The normalized spacial score (nSPS) is 19.8. The number of rotatable bonds is 6. The van der Waals surface area contributed by atoms with Crippen LogP contribution < -0.4 is 15.4 Å². The highest BCUT2D eigenvalue weighted by Gasteiger charge is 2.17. The minimum absolute atomic E-state index is 0.0164. The highest BCUT2D eigenvalue weighted by molar-refractivity contribution is 9.10. The molecule has 1 saturated heterocycles. The van der Waals surface area contributed by atoms with Crippen LogP contribution in [-0.4, -0.2) is 44.4 Å². The number of amides is 1. The van der Waals surface area contributed by atoms with Crippen molar-refractivity contribution in [3.63, 3.8) is 0 Å². The van der Waals surface area contributed by atoms with Gasteiger partial charge in [0.1, 0.15) is 11.9 Å². The molecule has 21 heavy (non-hydrogen) atoms. The van der Waals surface area contributed by atoms with Crippen molar-refractivity contribution in [1.29, 1.82) is 0 Å². The summed E-state index contributed by atoms with van der Waals surface area (Å²) in [4.78, 5) is 11.9. The number of ether oxygens (including phenoxy) is 2. The summed E-state index contributed by atoms with van der Waals surface area (Å²) >= 11 is 3.40. The van der Waals surface area contributed by atoms with Crippen LogP contribution in [0.3, 0.4) is 0 Å². The smallest absolute Gasteiger partial charge is 0.221 e. The minimum atomic E-state index is -0.0844. The number of carbonyl (C=O) groups excluding carboxylic acids is 1. The molecule has 2 rings (SSSR count). The molecule has 0 saturated carbocycles. The lowest BCUT2D eigenvalue weighted by molar-refractivity contribution is -0.122. The number of morpholine rings is 1. The fourth-order valence-corrected chi connectivity index (χ4v) is 2.50. The van der Waals surface area contributed by atoms with Crippen molar-refractivity contribution in [2.45, 2.75) is 25.5 Å². The zero-order valence-electron chi connectivity index (χ0n) is 12.1. The van der Waals surface area contributed by atoms with E-state index < -0.39 is 0 Å². The van der Waals surface area contributed by atoms with E-state index in [0.717, 1.165) is 23.4 Å². The van der Waals surface area contributed by atoms with Crippen molar-refractivity contribution in [2.75, 3.05) is 26.3 Å². The Hall–Kier alpha value is -1.11. The maximum atomic E-state index is 11.9. The average Bonchev–Trinajstić information content (AvgIpc) is 2.46. The molecule has 1 fully saturated rings. The van der Waals surface area contributed by atoms with Crippen molar-refractivity contribution < 1.29 is 14.3 Å². The van der Waals surface area contributed by atoms with Crippen LogP contribution in [0.4, 0.5) is 0 Å². The van der Waals surface area contributed by atoms with Gasteiger partial charge in [0.05, 0.1) is 19.8 Å². The Kier molecular flexibility index (Phi) is 6.48. The third kappa shape index (κ3) is 6.03. The van der Waals surface area contributed by atoms with E-state index in [9.17, 15) is 4.79 Å². The van der Waals surface area contributed by atoms with Crippen LogP contribution in [0.2, 0.25) is 0 Å². The molecule has 2 unspecified atom stereocenters. The van der Waals surface area contributed by atoms with Gasteiger partial charge in [-0.1, -0.05) is 22.0 Å². The first-order valence-electron chi connectivity index (χ1n) is 7.13. The first-order valence-corrected chi connectivity index (χ1v) is 7.93. The first kappa shape index (κ1) is 16.3. The van der Waals surface area contributed by atoms with Crippen LogP contribution in [0.15, 0.2) is 28.7 Å².